The Labute approximate surface area is 525 Å². The Morgan fingerprint density at radius 1 is 0.405 bits per heavy atom. The molecule has 0 aromatic heterocycles. The summed E-state index contributed by atoms with van der Waals surface area (Å²) in [5.74, 6) is -0.199. The summed E-state index contributed by atoms with van der Waals surface area (Å²) in [7, 11) is 1.26. The van der Waals surface area contributed by atoms with Crippen molar-refractivity contribution >= 4 is 13.7 Å². The number of unbranched alkanes of at least 4 members (excludes halogenated alkanes) is 53. The molecule has 0 rings (SSSR count). The van der Waals surface area contributed by atoms with Gasteiger partial charge in [0.15, 0.2) is 0 Å². The van der Waals surface area contributed by atoms with Gasteiger partial charge in [0, 0.05) is 6.42 Å². The monoisotopic (exact) mass is 1200 g/mol. The minimum absolute atomic E-state index is 0.00417. The summed E-state index contributed by atoms with van der Waals surface area (Å²) in [5.41, 5.74) is 0. The number of aliphatic hydroxyl groups is 1. The van der Waals surface area contributed by atoms with Gasteiger partial charge in [0.25, 0.3) is 7.82 Å². The number of hydrogen-bond acceptors (Lipinski definition) is 6. The smallest absolute Gasteiger partial charge is 0.268 e. The van der Waals surface area contributed by atoms with E-state index >= 15 is 0 Å². The van der Waals surface area contributed by atoms with Gasteiger partial charge >= 0.3 is 0 Å². The SMILES string of the molecule is CCCCCCCCCC/C=C\CCCCCCCCCCCCCCCCCCCCCCCCCC(=O)NC(COP(=O)([O-])OCC[N+](C)(C)C)C(O)/C=C/CC/C=C/CCCCCCCCCCCCCCCCCCCCCCC. The van der Waals surface area contributed by atoms with Crippen molar-refractivity contribution in [2.75, 3.05) is 40.9 Å². The molecule has 0 saturated heterocycles. The van der Waals surface area contributed by atoms with E-state index in [0.717, 1.165) is 38.5 Å². The number of quaternary nitrogens is 1. The van der Waals surface area contributed by atoms with Gasteiger partial charge in [-0.2, -0.15) is 0 Å². The zero-order chi connectivity index (χ0) is 61.2. The largest absolute Gasteiger partial charge is 0.756 e. The molecule has 9 heteroatoms. The van der Waals surface area contributed by atoms with Gasteiger partial charge in [-0.3, -0.25) is 9.36 Å². The molecule has 0 aliphatic heterocycles. The van der Waals surface area contributed by atoms with E-state index in [2.05, 4.69) is 43.5 Å². The Morgan fingerprint density at radius 3 is 0.964 bits per heavy atom. The van der Waals surface area contributed by atoms with Gasteiger partial charge in [0.2, 0.25) is 5.91 Å². The topological polar surface area (TPSA) is 108 Å². The van der Waals surface area contributed by atoms with E-state index in [0.29, 0.717) is 17.4 Å². The van der Waals surface area contributed by atoms with Crippen LogP contribution in [0.5, 0.6) is 0 Å². The average molecular weight is 1200 g/mol. The number of carbonyl (C=O) groups is 1. The first kappa shape index (κ1) is 82.7. The van der Waals surface area contributed by atoms with Crippen molar-refractivity contribution in [3.63, 3.8) is 0 Å². The molecule has 0 radical (unpaired) electrons. The lowest BCUT2D eigenvalue weighted by Crippen LogP contribution is -2.45. The van der Waals surface area contributed by atoms with E-state index in [1.807, 2.05) is 27.2 Å². The fourth-order valence-corrected chi connectivity index (χ4v) is 12.2. The maximum Gasteiger partial charge on any atom is 0.268 e. The van der Waals surface area contributed by atoms with Crippen LogP contribution < -0.4 is 10.2 Å². The molecular weight excluding hydrogens is 1060 g/mol. The molecule has 0 fully saturated rings. The maximum atomic E-state index is 13.0. The van der Waals surface area contributed by atoms with Gasteiger partial charge in [0.05, 0.1) is 39.9 Å². The number of hydrogen-bond donors (Lipinski definition) is 2. The van der Waals surface area contributed by atoms with Gasteiger partial charge in [-0.15, -0.1) is 0 Å². The van der Waals surface area contributed by atoms with E-state index in [4.69, 9.17) is 9.05 Å². The van der Waals surface area contributed by atoms with Crippen LogP contribution >= 0.6 is 7.82 Å². The predicted octanol–water partition coefficient (Wildman–Crippen LogP) is 23.4. The normalized spacial score (nSPS) is 13.8. The third kappa shape index (κ3) is 68.2. The van der Waals surface area contributed by atoms with Crippen LogP contribution in [-0.2, 0) is 18.4 Å². The minimum atomic E-state index is -4.61. The highest BCUT2D eigenvalue weighted by Gasteiger charge is 2.23. The molecule has 0 heterocycles. The number of amides is 1. The number of nitrogens with zero attached hydrogens (tertiary/aromatic N) is 1. The number of carbonyl (C=O) groups excluding carboxylic acids is 1. The summed E-state index contributed by atoms with van der Waals surface area (Å²) in [6.07, 6.45) is 88.7. The lowest BCUT2D eigenvalue weighted by Gasteiger charge is -2.29. The minimum Gasteiger partial charge on any atom is -0.756 e. The molecule has 0 aliphatic carbocycles. The van der Waals surface area contributed by atoms with E-state index < -0.39 is 20.0 Å². The first-order chi connectivity index (χ1) is 41.0. The van der Waals surface area contributed by atoms with Crippen LogP contribution in [-0.4, -0.2) is 68.5 Å². The van der Waals surface area contributed by atoms with Crippen molar-refractivity contribution in [3.8, 4) is 0 Å². The summed E-state index contributed by atoms with van der Waals surface area (Å²) in [6.45, 7) is 4.69. The molecule has 1 amide bonds. The van der Waals surface area contributed by atoms with Crippen molar-refractivity contribution in [3.05, 3.63) is 36.5 Å². The number of aliphatic hydroxyl groups excluding tert-OH is 1. The molecule has 0 aromatic carbocycles. The Bertz CT molecular complexity index is 1460. The summed E-state index contributed by atoms with van der Waals surface area (Å²) in [4.78, 5) is 25.7. The van der Waals surface area contributed by atoms with Crippen LogP contribution in [0.3, 0.4) is 0 Å². The van der Waals surface area contributed by atoms with Crippen molar-refractivity contribution in [1.82, 2.24) is 5.32 Å². The lowest BCUT2D eigenvalue weighted by molar-refractivity contribution is -0.870. The Kier molecular flexibility index (Phi) is 65.1. The second-order valence-corrected chi connectivity index (χ2v) is 28.4. The molecule has 0 aromatic rings. The van der Waals surface area contributed by atoms with Gasteiger partial charge < -0.3 is 28.8 Å². The van der Waals surface area contributed by atoms with Crippen molar-refractivity contribution in [2.24, 2.45) is 0 Å². The number of allylic oxidation sites excluding steroid dienone is 5. The summed E-state index contributed by atoms with van der Waals surface area (Å²) in [5, 5.41) is 14.0. The molecule has 3 atom stereocenters. The van der Waals surface area contributed by atoms with Crippen LogP contribution in [0.2, 0.25) is 0 Å². The number of nitrogens with one attached hydrogen (secondary N) is 1. The van der Waals surface area contributed by atoms with Crippen molar-refractivity contribution < 1.29 is 32.9 Å². The summed E-state index contributed by atoms with van der Waals surface area (Å²) >= 11 is 0. The van der Waals surface area contributed by atoms with Gasteiger partial charge in [-0.05, 0) is 57.8 Å². The number of likely N-dealkylation sites (N-methyl/N-ethyl adjacent to an activating group) is 1. The molecule has 2 N–H and O–H groups in total. The Hall–Kier alpha value is -1.28. The standard InChI is InChI=1S/C75H147N2O6P/c1-6-8-10-12-14-16-18-20-22-24-26-28-30-32-34-35-36-37-38-39-40-41-43-45-47-49-51-53-55-57-59-61-63-65-67-69-75(79)76-73(72-83-84(80,81)82-71-70-77(3,4)5)74(78)68-66-64-62-60-58-56-54-52-50-48-46-44-42-33-31-29-27-25-23-21-19-17-15-13-11-9-7-2/h24,26,58,60,66,68,73-74,78H,6-23,25,27-57,59,61-65,67,69-72H2,1-5H3,(H-,76,79,80,81)/b26-24-,60-58+,68-66+. The molecule has 0 bridgehead atoms. The Balaban J connectivity index is 4.01. The number of phosphoric acid groups is 1. The molecular formula is C75H147N2O6P. The maximum absolute atomic E-state index is 13.0. The highest BCUT2D eigenvalue weighted by Crippen LogP contribution is 2.38. The third-order valence-electron chi connectivity index (χ3n) is 17.3. The second-order valence-electron chi connectivity index (χ2n) is 27.0. The van der Waals surface area contributed by atoms with Crippen LogP contribution in [0.4, 0.5) is 0 Å². The zero-order valence-electron chi connectivity index (χ0n) is 57.1. The molecule has 0 spiro atoms. The third-order valence-corrected chi connectivity index (χ3v) is 18.3. The fourth-order valence-electron chi connectivity index (χ4n) is 11.5. The van der Waals surface area contributed by atoms with Gasteiger partial charge in [-0.25, -0.2) is 0 Å². The van der Waals surface area contributed by atoms with Crippen molar-refractivity contribution in [1.29, 1.82) is 0 Å². The average Bonchev–Trinajstić information content (AvgIpc) is 3.56. The second kappa shape index (κ2) is 66.1. The van der Waals surface area contributed by atoms with E-state index in [1.54, 1.807) is 6.08 Å². The Morgan fingerprint density at radius 2 is 0.667 bits per heavy atom. The molecule has 0 saturated carbocycles. The lowest BCUT2D eigenvalue weighted by atomic mass is 10.0. The molecule has 84 heavy (non-hydrogen) atoms. The van der Waals surface area contributed by atoms with Crippen LogP contribution in [0.15, 0.2) is 36.5 Å². The van der Waals surface area contributed by atoms with Crippen molar-refractivity contribution in [2.45, 2.75) is 398 Å². The summed E-state index contributed by atoms with van der Waals surface area (Å²) < 4.78 is 23.5. The molecule has 3 unspecified atom stereocenters. The fraction of sp³-hybridized carbons (Fsp3) is 0.907. The van der Waals surface area contributed by atoms with Gasteiger partial charge in [0.1, 0.15) is 13.2 Å². The van der Waals surface area contributed by atoms with E-state index in [-0.39, 0.29) is 19.1 Å². The highest BCUT2D eigenvalue weighted by atomic mass is 31.2. The first-order valence-corrected chi connectivity index (χ1v) is 38.8. The molecule has 0 aliphatic rings. The quantitative estimate of drug-likeness (QED) is 0.0272. The number of rotatable bonds is 70. The number of phosphoric ester groups is 1. The predicted molar refractivity (Wildman–Crippen MR) is 367 cm³/mol. The van der Waals surface area contributed by atoms with E-state index in [9.17, 15) is 19.4 Å². The van der Waals surface area contributed by atoms with Crippen LogP contribution in [0, 0.1) is 0 Å². The van der Waals surface area contributed by atoms with E-state index in [1.165, 1.54) is 327 Å². The van der Waals surface area contributed by atoms with Crippen LogP contribution in [0.25, 0.3) is 0 Å². The summed E-state index contributed by atoms with van der Waals surface area (Å²) in [6, 6.07) is -0.903. The molecule has 8 nitrogen and oxygen atoms in total. The zero-order valence-corrected chi connectivity index (χ0v) is 58.0. The van der Waals surface area contributed by atoms with Gasteiger partial charge in [-0.1, -0.05) is 359 Å². The van der Waals surface area contributed by atoms with Crippen LogP contribution in [0.1, 0.15) is 386 Å². The highest BCUT2D eigenvalue weighted by molar-refractivity contribution is 7.45. The molecule has 498 valence electrons. The first-order valence-electron chi connectivity index (χ1n) is 37.4.